The highest BCUT2D eigenvalue weighted by molar-refractivity contribution is 9.11. The van der Waals surface area contributed by atoms with Gasteiger partial charge in [0.15, 0.2) is 0 Å². The Morgan fingerprint density at radius 3 is 2.55 bits per heavy atom. The molecule has 0 aromatic carbocycles. The zero-order valence-electron chi connectivity index (χ0n) is 22.6. The summed E-state index contributed by atoms with van der Waals surface area (Å²) < 4.78 is 12.7. The van der Waals surface area contributed by atoms with Gasteiger partial charge in [0.1, 0.15) is 29.8 Å². The Hall–Kier alpha value is -2.24. The molecule has 0 radical (unpaired) electrons. The molecular formula is C27H38BrN3O7. The molecule has 38 heavy (non-hydrogen) atoms. The second kappa shape index (κ2) is 10.7. The van der Waals surface area contributed by atoms with E-state index in [1.54, 1.807) is 17.9 Å². The number of hydrogen-bond donors (Lipinski definition) is 2. The smallest absolute Gasteiger partial charge is 0.313 e. The number of rotatable bonds is 3. The van der Waals surface area contributed by atoms with E-state index in [4.69, 9.17) is 9.47 Å². The fourth-order valence-electron chi connectivity index (χ4n) is 6.03. The van der Waals surface area contributed by atoms with Crippen molar-refractivity contribution >= 4 is 39.6 Å². The van der Waals surface area contributed by atoms with E-state index >= 15 is 0 Å². The van der Waals surface area contributed by atoms with Gasteiger partial charge in [-0.15, -0.1) is 0 Å². The fourth-order valence-corrected chi connectivity index (χ4v) is 6.77. The second-order valence-corrected chi connectivity index (χ2v) is 12.4. The number of aliphatic hydroxyl groups is 1. The van der Waals surface area contributed by atoms with E-state index in [-0.39, 0.29) is 37.9 Å². The van der Waals surface area contributed by atoms with Crippen molar-refractivity contribution in [2.75, 3.05) is 19.7 Å². The van der Waals surface area contributed by atoms with Crippen LogP contribution >= 0.6 is 15.9 Å². The zero-order valence-corrected chi connectivity index (χ0v) is 24.2. The molecule has 7 atom stereocenters. The maximum Gasteiger partial charge on any atom is 0.313 e. The molecule has 0 aromatic heterocycles. The Bertz CT molecular complexity index is 1050. The van der Waals surface area contributed by atoms with Crippen molar-refractivity contribution in [3.05, 3.63) is 22.7 Å². The normalized spacial score (nSPS) is 36.1. The first-order chi connectivity index (χ1) is 17.9. The van der Waals surface area contributed by atoms with Crippen molar-refractivity contribution in [1.82, 2.24) is 15.1 Å². The van der Waals surface area contributed by atoms with Crippen molar-refractivity contribution in [1.29, 1.82) is 0 Å². The fraction of sp³-hybridized carbons (Fsp3) is 0.704. The number of cyclic esters (lactones) is 1. The number of fused-ring (bicyclic) bond motifs is 2. The van der Waals surface area contributed by atoms with Crippen molar-refractivity contribution in [3.63, 3.8) is 0 Å². The van der Waals surface area contributed by atoms with Gasteiger partial charge in [0, 0.05) is 23.0 Å². The van der Waals surface area contributed by atoms with Crippen LogP contribution in [0, 0.1) is 11.8 Å². The molecule has 5 bridgehead atoms. The molecule has 2 fully saturated rings. The van der Waals surface area contributed by atoms with E-state index in [1.807, 2.05) is 39.8 Å². The Kier molecular flexibility index (Phi) is 8.12. The van der Waals surface area contributed by atoms with E-state index in [0.717, 1.165) is 0 Å². The standard InChI is InChI=1S/C27H38BrN3O7/c1-6-16(14-32)31-22-24(35)30(26(3,4)5)11-9-7-8-10-18(33)29-13-15(2)37-25(36)19-20(23(31)34)27(22)12-17(28)21(19)38-27/h7,9,12,15-16,19-22,32H,6,8,10-11,13-14H2,1-5H3,(H,29,33)/b9-7-/t15-,16-,19+,20-,21+,22+,27-/m0/s1. The highest BCUT2D eigenvalue weighted by Gasteiger charge is 2.75. The van der Waals surface area contributed by atoms with Gasteiger partial charge in [-0.05, 0) is 46.6 Å². The number of esters is 1. The molecule has 3 amide bonds. The van der Waals surface area contributed by atoms with Crippen LogP contribution in [-0.2, 0) is 28.7 Å². The molecule has 1 spiro atoms. The van der Waals surface area contributed by atoms with Crippen LogP contribution in [0.1, 0.15) is 53.9 Å². The number of amides is 3. The van der Waals surface area contributed by atoms with Crippen LogP contribution in [0.3, 0.4) is 0 Å². The number of likely N-dealkylation sites (tertiary alicyclic amines) is 1. The summed E-state index contributed by atoms with van der Waals surface area (Å²) in [5, 5.41) is 13.0. The van der Waals surface area contributed by atoms with Crippen molar-refractivity contribution < 1.29 is 33.8 Å². The number of carbonyl (C=O) groups excluding carboxylic acids is 4. The molecule has 4 heterocycles. The first-order valence-corrected chi connectivity index (χ1v) is 14.1. The number of hydrogen-bond acceptors (Lipinski definition) is 7. The Morgan fingerprint density at radius 2 is 1.92 bits per heavy atom. The summed E-state index contributed by atoms with van der Waals surface area (Å²) in [7, 11) is 0. The number of allylic oxidation sites excluding steroid dienone is 1. The minimum absolute atomic E-state index is 0.140. The van der Waals surface area contributed by atoms with Crippen LogP contribution in [0.4, 0.5) is 0 Å². The molecule has 2 N–H and O–H groups in total. The van der Waals surface area contributed by atoms with Gasteiger partial charge in [-0.3, -0.25) is 19.2 Å². The number of carbonyl (C=O) groups is 4. The summed E-state index contributed by atoms with van der Waals surface area (Å²) in [5.74, 6) is -3.48. The van der Waals surface area contributed by atoms with E-state index in [2.05, 4.69) is 21.2 Å². The summed E-state index contributed by atoms with van der Waals surface area (Å²) in [6, 6.07) is -1.70. The minimum atomic E-state index is -1.39. The quantitative estimate of drug-likeness (QED) is 0.375. The van der Waals surface area contributed by atoms with Crippen LogP contribution in [0.2, 0.25) is 0 Å². The number of ether oxygens (including phenoxy) is 2. The zero-order chi connectivity index (χ0) is 28.0. The van der Waals surface area contributed by atoms with Gasteiger partial charge in [-0.2, -0.15) is 0 Å². The molecule has 0 aliphatic carbocycles. The molecule has 0 unspecified atom stereocenters. The lowest BCUT2D eigenvalue weighted by Crippen LogP contribution is -2.61. The van der Waals surface area contributed by atoms with Crippen LogP contribution < -0.4 is 5.32 Å². The van der Waals surface area contributed by atoms with Crippen LogP contribution in [-0.4, -0.2) is 93.7 Å². The van der Waals surface area contributed by atoms with Crippen LogP contribution in [0.25, 0.3) is 0 Å². The van der Waals surface area contributed by atoms with Crippen LogP contribution in [0.5, 0.6) is 0 Å². The van der Waals surface area contributed by atoms with E-state index in [0.29, 0.717) is 17.3 Å². The molecule has 0 saturated carbocycles. The average molecular weight is 597 g/mol. The average Bonchev–Trinajstić information content (AvgIpc) is 3.43. The van der Waals surface area contributed by atoms with Crippen molar-refractivity contribution in [2.45, 2.75) is 89.3 Å². The van der Waals surface area contributed by atoms with Gasteiger partial charge in [-0.25, -0.2) is 0 Å². The third-order valence-electron chi connectivity index (χ3n) is 7.92. The maximum atomic E-state index is 14.5. The van der Waals surface area contributed by atoms with E-state index in [9.17, 15) is 24.3 Å². The summed E-state index contributed by atoms with van der Waals surface area (Å²) in [6.45, 7) is 9.32. The second-order valence-electron chi connectivity index (χ2n) is 11.5. The molecule has 10 nitrogen and oxygen atoms in total. The Labute approximate surface area is 231 Å². The van der Waals surface area contributed by atoms with Gasteiger partial charge in [0.25, 0.3) is 0 Å². The number of aliphatic hydroxyl groups excluding tert-OH is 1. The lowest BCUT2D eigenvalue weighted by molar-refractivity contribution is -0.160. The molecule has 4 rings (SSSR count). The lowest BCUT2D eigenvalue weighted by atomic mass is 9.74. The number of nitrogens with one attached hydrogen (secondary N) is 1. The monoisotopic (exact) mass is 595 g/mol. The van der Waals surface area contributed by atoms with Crippen LogP contribution in [0.15, 0.2) is 22.7 Å². The Morgan fingerprint density at radius 1 is 1.21 bits per heavy atom. The first-order valence-electron chi connectivity index (χ1n) is 13.3. The molecule has 2 saturated heterocycles. The summed E-state index contributed by atoms with van der Waals surface area (Å²) in [4.78, 5) is 57.5. The number of halogens is 1. The van der Waals surface area contributed by atoms with Crippen molar-refractivity contribution in [2.24, 2.45) is 11.8 Å². The summed E-state index contributed by atoms with van der Waals surface area (Å²) in [5.41, 5.74) is -2.00. The van der Waals surface area contributed by atoms with E-state index < -0.39 is 59.1 Å². The van der Waals surface area contributed by atoms with E-state index in [1.165, 1.54) is 4.90 Å². The number of nitrogens with zero attached hydrogens (tertiary/aromatic N) is 2. The highest BCUT2D eigenvalue weighted by atomic mass is 79.9. The first kappa shape index (κ1) is 28.8. The predicted octanol–water partition coefficient (Wildman–Crippen LogP) is 1.66. The summed E-state index contributed by atoms with van der Waals surface area (Å²) in [6.07, 6.45) is 5.24. The highest BCUT2D eigenvalue weighted by Crippen LogP contribution is 2.59. The molecule has 0 aromatic rings. The topological polar surface area (TPSA) is 125 Å². The van der Waals surface area contributed by atoms with Gasteiger partial charge < -0.3 is 29.7 Å². The largest absolute Gasteiger partial charge is 0.460 e. The lowest BCUT2D eigenvalue weighted by Gasteiger charge is -2.42. The third kappa shape index (κ3) is 4.81. The molecular weight excluding hydrogens is 558 g/mol. The summed E-state index contributed by atoms with van der Waals surface area (Å²) >= 11 is 3.52. The van der Waals surface area contributed by atoms with Gasteiger partial charge >= 0.3 is 5.97 Å². The van der Waals surface area contributed by atoms with Gasteiger partial charge in [-0.1, -0.05) is 35.0 Å². The van der Waals surface area contributed by atoms with Gasteiger partial charge in [0.2, 0.25) is 17.7 Å². The van der Waals surface area contributed by atoms with Gasteiger partial charge in [0.05, 0.1) is 25.1 Å². The molecule has 4 aliphatic heterocycles. The van der Waals surface area contributed by atoms with Crippen molar-refractivity contribution in [3.8, 4) is 0 Å². The predicted molar refractivity (Wildman–Crippen MR) is 142 cm³/mol. The Balaban J connectivity index is 1.85. The molecule has 210 valence electrons. The molecule has 11 heteroatoms. The maximum absolute atomic E-state index is 14.5. The third-order valence-corrected chi connectivity index (χ3v) is 8.60. The SMILES string of the molecule is CC[C@@H](CO)N1C(=O)[C@@H]2[C@H]3C(=O)O[C@@H](C)CNC(=O)CC/C=C\CN(C(C)(C)C)C(=O)[C@@H]1[C@]21C=C(Br)[C@H]3O1. The molecule has 4 aliphatic rings. The minimum Gasteiger partial charge on any atom is -0.460 e.